The molecule has 180 valence electrons. The number of aromatic nitrogens is 1. The number of nitrogens with zero attached hydrogens (tertiary/aromatic N) is 4. The lowest BCUT2D eigenvalue weighted by atomic mass is 9.89. The predicted molar refractivity (Wildman–Crippen MR) is 142 cm³/mol. The van der Waals surface area contributed by atoms with Gasteiger partial charge in [-0.3, -0.25) is 0 Å². The molecule has 3 aromatic rings. The van der Waals surface area contributed by atoms with Gasteiger partial charge in [-0.05, 0) is 87.4 Å². The Hall–Kier alpha value is -2.83. The summed E-state index contributed by atoms with van der Waals surface area (Å²) in [6.45, 7) is 6.18. The van der Waals surface area contributed by atoms with Crippen molar-refractivity contribution in [3.8, 4) is 17.0 Å². The smallest absolute Gasteiger partial charge is 0.119 e. The van der Waals surface area contributed by atoms with Crippen molar-refractivity contribution in [1.29, 1.82) is 0 Å². The van der Waals surface area contributed by atoms with Crippen LogP contribution in [0.4, 0.5) is 11.4 Å². The molecule has 34 heavy (non-hydrogen) atoms. The van der Waals surface area contributed by atoms with Gasteiger partial charge in [-0.15, -0.1) is 0 Å². The quantitative estimate of drug-likeness (QED) is 0.540. The standard InChI is InChI=1S/C28H37N5O/c1-29-12-14-34-24-8-5-20(6-9-24)26-16-28(25-10-7-23(31(2)3)15-27(25)30-26)33-18-21-11-13-32(4)17-22(21)19-33/h5-10,15-16,21-22,29H,11-14,17-19H2,1-4H3. The third kappa shape index (κ3) is 4.70. The van der Waals surface area contributed by atoms with Crippen LogP contribution in [0.25, 0.3) is 22.2 Å². The van der Waals surface area contributed by atoms with Crippen molar-refractivity contribution in [3.05, 3.63) is 48.5 Å². The van der Waals surface area contributed by atoms with Gasteiger partial charge < -0.3 is 24.8 Å². The van der Waals surface area contributed by atoms with Crippen LogP contribution in [0.3, 0.4) is 0 Å². The first-order valence-corrected chi connectivity index (χ1v) is 12.5. The second kappa shape index (κ2) is 9.80. The summed E-state index contributed by atoms with van der Waals surface area (Å²) < 4.78 is 5.82. The molecule has 0 saturated carbocycles. The lowest BCUT2D eigenvalue weighted by Gasteiger charge is -2.31. The summed E-state index contributed by atoms with van der Waals surface area (Å²) in [7, 11) is 8.36. The maximum Gasteiger partial charge on any atom is 0.119 e. The zero-order chi connectivity index (χ0) is 23.7. The number of pyridine rings is 1. The largest absolute Gasteiger partial charge is 0.492 e. The van der Waals surface area contributed by atoms with Crippen LogP contribution in [0, 0.1) is 11.8 Å². The highest BCUT2D eigenvalue weighted by Gasteiger charge is 2.36. The highest BCUT2D eigenvalue weighted by atomic mass is 16.5. The van der Waals surface area contributed by atoms with Gasteiger partial charge in [0.2, 0.25) is 0 Å². The molecule has 1 aromatic heterocycles. The van der Waals surface area contributed by atoms with E-state index in [4.69, 9.17) is 9.72 Å². The molecule has 0 spiro atoms. The number of rotatable bonds is 7. The van der Waals surface area contributed by atoms with Crippen LogP contribution < -0.4 is 19.9 Å². The average Bonchev–Trinajstić information content (AvgIpc) is 3.26. The normalized spacial score (nSPS) is 20.5. The Labute approximate surface area is 203 Å². The number of hydrogen-bond acceptors (Lipinski definition) is 6. The Bertz CT molecular complexity index is 1130. The van der Waals surface area contributed by atoms with Crippen LogP contribution in [-0.2, 0) is 0 Å². The van der Waals surface area contributed by atoms with Crippen LogP contribution in [0.15, 0.2) is 48.5 Å². The van der Waals surface area contributed by atoms with E-state index in [2.05, 4.69) is 77.6 Å². The summed E-state index contributed by atoms with van der Waals surface area (Å²) in [4.78, 5) is 12.4. The fourth-order valence-electron chi connectivity index (χ4n) is 5.43. The lowest BCUT2D eigenvalue weighted by Crippen LogP contribution is -2.37. The van der Waals surface area contributed by atoms with Crippen LogP contribution in [0.2, 0.25) is 0 Å². The van der Waals surface area contributed by atoms with E-state index in [0.29, 0.717) is 6.61 Å². The van der Waals surface area contributed by atoms with Crippen LogP contribution >= 0.6 is 0 Å². The second-order valence-corrected chi connectivity index (χ2v) is 10.1. The van der Waals surface area contributed by atoms with Crippen molar-refractivity contribution >= 4 is 22.3 Å². The Morgan fingerprint density at radius 1 is 1.03 bits per heavy atom. The highest BCUT2D eigenvalue weighted by molar-refractivity contribution is 5.96. The van der Waals surface area contributed by atoms with Gasteiger partial charge in [0.15, 0.2) is 0 Å². The van der Waals surface area contributed by atoms with Crippen molar-refractivity contribution in [2.24, 2.45) is 11.8 Å². The van der Waals surface area contributed by atoms with Crippen molar-refractivity contribution in [2.45, 2.75) is 6.42 Å². The maximum absolute atomic E-state index is 5.82. The number of nitrogens with one attached hydrogen (secondary N) is 1. The number of fused-ring (bicyclic) bond motifs is 2. The van der Waals surface area contributed by atoms with E-state index >= 15 is 0 Å². The van der Waals surface area contributed by atoms with E-state index in [0.717, 1.165) is 54.0 Å². The number of piperidine rings is 1. The van der Waals surface area contributed by atoms with E-state index in [1.54, 1.807) is 0 Å². The Morgan fingerprint density at radius 2 is 1.82 bits per heavy atom. The van der Waals surface area contributed by atoms with E-state index in [-0.39, 0.29) is 0 Å². The molecule has 2 atom stereocenters. The van der Waals surface area contributed by atoms with Gasteiger partial charge in [0, 0.05) is 62.6 Å². The number of anilines is 2. The van der Waals surface area contributed by atoms with Crippen molar-refractivity contribution in [2.75, 3.05) is 77.3 Å². The Kier molecular flexibility index (Phi) is 6.61. The summed E-state index contributed by atoms with van der Waals surface area (Å²) in [6.07, 6.45) is 1.30. The number of likely N-dealkylation sites (N-methyl/N-ethyl adjacent to an activating group) is 1. The predicted octanol–water partition coefficient (Wildman–Crippen LogP) is 3.95. The summed E-state index contributed by atoms with van der Waals surface area (Å²) in [5.74, 6) is 2.43. The van der Waals surface area contributed by atoms with Gasteiger partial charge in [-0.25, -0.2) is 4.98 Å². The number of benzene rings is 2. The Morgan fingerprint density at radius 3 is 2.59 bits per heavy atom. The molecule has 6 nitrogen and oxygen atoms in total. The minimum atomic E-state index is 0.661. The molecule has 3 heterocycles. The second-order valence-electron chi connectivity index (χ2n) is 10.1. The third-order valence-electron chi connectivity index (χ3n) is 7.40. The van der Waals surface area contributed by atoms with Crippen LogP contribution in [0.1, 0.15) is 6.42 Å². The Balaban J connectivity index is 1.51. The van der Waals surface area contributed by atoms with E-state index in [1.807, 2.05) is 19.2 Å². The maximum atomic E-state index is 5.82. The molecule has 2 fully saturated rings. The minimum absolute atomic E-state index is 0.661. The summed E-state index contributed by atoms with van der Waals surface area (Å²) in [5, 5.41) is 4.36. The van der Waals surface area contributed by atoms with Crippen LogP contribution in [0.5, 0.6) is 5.75 Å². The van der Waals surface area contributed by atoms with Crippen LogP contribution in [-0.4, -0.2) is 77.4 Å². The summed E-state index contributed by atoms with van der Waals surface area (Å²) in [6, 6.07) is 17.3. The molecule has 5 rings (SSSR count). The first-order valence-electron chi connectivity index (χ1n) is 12.5. The molecule has 2 aliphatic heterocycles. The highest BCUT2D eigenvalue weighted by Crippen LogP contribution is 2.39. The minimum Gasteiger partial charge on any atom is -0.492 e. The molecule has 2 aliphatic rings. The zero-order valence-corrected chi connectivity index (χ0v) is 20.9. The van der Waals surface area contributed by atoms with Gasteiger partial charge >= 0.3 is 0 Å². The number of hydrogen-bond donors (Lipinski definition) is 1. The van der Waals surface area contributed by atoms with Gasteiger partial charge in [0.25, 0.3) is 0 Å². The zero-order valence-electron chi connectivity index (χ0n) is 20.9. The monoisotopic (exact) mass is 459 g/mol. The number of likely N-dealkylation sites (tertiary alicyclic amines) is 1. The molecular formula is C28H37N5O. The van der Waals surface area contributed by atoms with Gasteiger partial charge in [0.1, 0.15) is 12.4 Å². The van der Waals surface area contributed by atoms with Crippen molar-refractivity contribution < 1.29 is 4.74 Å². The molecule has 2 saturated heterocycles. The molecule has 0 radical (unpaired) electrons. The van der Waals surface area contributed by atoms with Gasteiger partial charge in [-0.1, -0.05) is 0 Å². The first kappa shape index (κ1) is 22.9. The lowest BCUT2D eigenvalue weighted by molar-refractivity contribution is 0.178. The fourth-order valence-corrected chi connectivity index (χ4v) is 5.43. The summed E-state index contributed by atoms with van der Waals surface area (Å²) in [5.41, 5.74) is 5.69. The first-order chi connectivity index (χ1) is 16.5. The molecule has 0 amide bonds. The molecule has 0 aliphatic carbocycles. The molecule has 1 N–H and O–H groups in total. The number of ether oxygens (including phenoxy) is 1. The third-order valence-corrected chi connectivity index (χ3v) is 7.40. The van der Waals surface area contributed by atoms with E-state index < -0.39 is 0 Å². The fraction of sp³-hybridized carbons (Fsp3) is 0.464. The molecule has 2 unspecified atom stereocenters. The SMILES string of the molecule is CNCCOc1ccc(-c2cc(N3CC4CCN(C)CC4C3)c3ccc(N(C)C)cc3n2)cc1. The van der Waals surface area contributed by atoms with E-state index in [9.17, 15) is 0 Å². The molecular weight excluding hydrogens is 422 g/mol. The molecule has 6 heteroatoms. The molecule has 0 bridgehead atoms. The van der Waals surface area contributed by atoms with E-state index in [1.165, 1.54) is 36.3 Å². The topological polar surface area (TPSA) is 43.9 Å². The average molecular weight is 460 g/mol. The summed E-state index contributed by atoms with van der Waals surface area (Å²) >= 11 is 0. The molecule has 2 aromatic carbocycles. The van der Waals surface area contributed by atoms with Gasteiger partial charge in [0.05, 0.1) is 11.2 Å². The van der Waals surface area contributed by atoms with Crippen molar-refractivity contribution in [3.63, 3.8) is 0 Å². The van der Waals surface area contributed by atoms with Crippen molar-refractivity contribution in [1.82, 2.24) is 15.2 Å². The van der Waals surface area contributed by atoms with Gasteiger partial charge in [-0.2, -0.15) is 0 Å².